The van der Waals surface area contributed by atoms with E-state index in [4.69, 9.17) is 10.5 Å². The number of hydrogen-bond acceptors (Lipinski definition) is 3. The molecule has 0 aromatic heterocycles. The Labute approximate surface area is 107 Å². The van der Waals surface area contributed by atoms with Crippen molar-refractivity contribution < 1.29 is 9.13 Å². The lowest BCUT2D eigenvalue weighted by molar-refractivity contribution is -0.0722. The summed E-state index contributed by atoms with van der Waals surface area (Å²) in [6, 6.07) is 7.53. The predicted octanol–water partition coefficient (Wildman–Crippen LogP) is 1.69. The monoisotopic (exact) mass is 250 g/mol. The first-order valence-corrected chi connectivity index (χ1v) is 6.63. The van der Waals surface area contributed by atoms with Crippen molar-refractivity contribution in [1.29, 1.82) is 0 Å². The molecule has 2 N–H and O–H groups in total. The molecule has 2 fully saturated rings. The average molecular weight is 250 g/mol. The van der Waals surface area contributed by atoms with E-state index in [9.17, 15) is 4.39 Å². The molecule has 2 unspecified atom stereocenters. The highest BCUT2D eigenvalue weighted by molar-refractivity contribution is 5.24. The van der Waals surface area contributed by atoms with E-state index in [0.717, 1.165) is 12.1 Å². The van der Waals surface area contributed by atoms with Crippen LogP contribution in [-0.4, -0.2) is 36.7 Å². The first-order valence-electron chi connectivity index (χ1n) is 6.63. The molecule has 98 valence electrons. The maximum absolute atomic E-state index is 14.0. The highest BCUT2D eigenvalue weighted by atomic mass is 19.1. The van der Waals surface area contributed by atoms with Crippen LogP contribution < -0.4 is 5.73 Å². The lowest BCUT2D eigenvalue weighted by atomic mass is 9.97. The van der Waals surface area contributed by atoms with Gasteiger partial charge in [-0.1, -0.05) is 18.2 Å². The van der Waals surface area contributed by atoms with Gasteiger partial charge in [0.2, 0.25) is 0 Å². The maximum atomic E-state index is 14.0. The molecule has 1 aliphatic heterocycles. The van der Waals surface area contributed by atoms with E-state index in [0.29, 0.717) is 19.2 Å². The zero-order valence-electron chi connectivity index (χ0n) is 10.4. The zero-order chi connectivity index (χ0) is 12.5. The zero-order valence-corrected chi connectivity index (χ0v) is 10.4. The lowest BCUT2D eigenvalue weighted by Crippen LogP contribution is -2.49. The summed E-state index contributed by atoms with van der Waals surface area (Å²) in [7, 11) is 0. The number of benzene rings is 1. The molecular weight excluding hydrogens is 231 g/mol. The number of nitrogens with zero attached hydrogens (tertiary/aromatic N) is 1. The van der Waals surface area contributed by atoms with Crippen molar-refractivity contribution in [1.82, 2.24) is 4.90 Å². The van der Waals surface area contributed by atoms with Crippen LogP contribution in [0.15, 0.2) is 24.3 Å². The molecule has 18 heavy (non-hydrogen) atoms. The van der Waals surface area contributed by atoms with Gasteiger partial charge in [0.25, 0.3) is 0 Å². The fourth-order valence-corrected chi connectivity index (χ4v) is 2.86. The number of hydrogen-bond donors (Lipinski definition) is 1. The van der Waals surface area contributed by atoms with Crippen LogP contribution in [0.5, 0.6) is 0 Å². The molecule has 1 saturated heterocycles. The van der Waals surface area contributed by atoms with Gasteiger partial charge in [-0.25, -0.2) is 4.39 Å². The molecule has 1 aromatic carbocycles. The Hall–Kier alpha value is -0.970. The molecular formula is C14H19FN2O. The molecule has 2 aliphatic rings. The number of rotatable bonds is 3. The number of halogens is 1. The summed E-state index contributed by atoms with van der Waals surface area (Å²) < 4.78 is 19.7. The van der Waals surface area contributed by atoms with Crippen LogP contribution in [-0.2, 0) is 4.74 Å². The Kier molecular flexibility index (Phi) is 3.33. The van der Waals surface area contributed by atoms with Gasteiger partial charge in [-0.15, -0.1) is 0 Å². The molecule has 3 nitrogen and oxygen atoms in total. The Balaban J connectivity index is 1.94. The van der Waals surface area contributed by atoms with Crippen LogP contribution in [0.2, 0.25) is 0 Å². The lowest BCUT2D eigenvalue weighted by Gasteiger charge is -2.41. The Morgan fingerprint density at radius 1 is 1.33 bits per heavy atom. The van der Waals surface area contributed by atoms with Crippen molar-refractivity contribution in [2.24, 2.45) is 5.73 Å². The minimum Gasteiger partial charge on any atom is -0.374 e. The largest absolute Gasteiger partial charge is 0.374 e. The summed E-state index contributed by atoms with van der Waals surface area (Å²) in [6.45, 7) is 2.01. The van der Waals surface area contributed by atoms with Gasteiger partial charge in [0.15, 0.2) is 0 Å². The van der Waals surface area contributed by atoms with Gasteiger partial charge >= 0.3 is 0 Å². The summed E-state index contributed by atoms with van der Waals surface area (Å²) in [4.78, 5) is 2.37. The summed E-state index contributed by atoms with van der Waals surface area (Å²) in [5.74, 6) is -0.155. The molecule has 1 saturated carbocycles. The van der Waals surface area contributed by atoms with Gasteiger partial charge in [-0.05, 0) is 18.9 Å². The SMILES string of the molecule is NCC1OCCN(C2CC2)C1c1ccccc1F. The Morgan fingerprint density at radius 2 is 2.11 bits per heavy atom. The van der Waals surface area contributed by atoms with Gasteiger partial charge < -0.3 is 10.5 Å². The standard InChI is InChI=1S/C14H19FN2O/c15-12-4-2-1-3-11(12)14-13(9-16)18-8-7-17(14)10-5-6-10/h1-4,10,13-14H,5-9,16H2. The second kappa shape index (κ2) is 4.96. The molecule has 0 bridgehead atoms. The Morgan fingerprint density at radius 3 is 2.78 bits per heavy atom. The van der Waals surface area contributed by atoms with Gasteiger partial charge in [0.1, 0.15) is 5.82 Å². The average Bonchev–Trinajstić information content (AvgIpc) is 3.23. The van der Waals surface area contributed by atoms with Crippen LogP contribution in [0.1, 0.15) is 24.4 Å². The first kappa shape index (κ1) is 12.1. The molecule has 1 heterocycles. The minimum absolute atomic E-state index is 0.0301. The summed E-state index contributed by atoms with van der Waals surface area (Å²) >= 11 is 0. The molecule has 4 heteroatoms. The van der Waals surface area contributed by atoms with Crippen molar-refractivity contribution in [2.75, 3.05) is 19.7 Å². The van der Waals surface area contributed by atoms with Gasteiger partial charge in [-0.3, -0.25) is 4.90 Å². The van der Waals surface area contributed by atoms with E-state index in [1.807, 2.05) is 12.1 Å². The third-order valence-corrected chi connectivity index (χ3v) is 3.86. The van der Waals surface area contributed by atoms with Crippen molar-refractivity contribution in [3.8, 4) is 0 Å². The molecule has 1 aromatic rings. The number of ether oxygens (including phenoxy) is 1. The highest BCUT2D eigenvalue weighted by Gasteiger charge is 2.41. The van der Waals surface area contributed by atoms with Crippen molar-refractivity contribution in [3.05, 3.63) is 35.6 Å². The van der Waals surface area contributed by atoms with Crippen LogP contribution in [0.25, 0.3) is 0 Å². The van der Waals surface area contributed by atoms with Crippen LogP contribution in [0.4, 0.5) is 4.39 Å². The van der Waals surface area contributed by atoms with Crippen LogP contribution >= 0.6 is 0 Å². The van der Waals surface area contributed by atoms with E-state index in [1.165, 1.54) is 18.9 Å². The molecule has 0 spiro atoms. The fraction of sp³-hybridized carbons (Fsp3) is 0.571. The van der Waals surface area contributed by atoms with E-state index >= 15 is 0 Å². The molecule has 2 atom stereocenters. The van der Waals surface area contributed by atoms with Crippen molar-refractivity contribution in [2.45, 2.75) is 31.0 Å². The fourth-order valence-electron chi connectivity index (χ4n) is 2.86. The van der Waals surface area contributed by atoms with Crippen LogP contribution in [0.3, 0.4) is 0 Å². The van der Waals surface area contributed by atoms with Crippen LogP contribution in [0, 0.1) is 5.82 Å². The first-order chi connectivity index (χ1) is 8.81. The quantitative estimate of drug-likeness (QED) is 0.887. The molecule has 0 amide bonds. The Bertz CT molecular complexity index is 422. The summed E-state index contributed by atoms with van der Waals surface area (Å²) in [5, 5.41) is 0. The molecule has 1 aliphatic carbocycles. The predicted molar refractivity (Wildman–Crippen MR) is 67.7 cm³/mol. The minimum atomic E-state index is -0.155. The maximum Gasteiger partial charge on any atom is 0.128 e. The third kappa shape index (κ3) is 2.16. The van der Waals surface area contributed by atoms with E-state index in [1.54, 1.807) is 6.07 Å². The van der Waals surface area contributed by atoms with Crippen molar-refractivity contribution in [3.63, 3.8) is 0 Å². The van der Waals surface area contributed by atoms with Crippen molar-refractivity contribution >= 4 is 0 Å². The smallest absolute Gasteiger partial charge is 0.128 e. The second-order valence-corrected chi connectivity index (χ2v) is 5.08. The third-order valence-electron chi connectivity index (χ3n) is 3.86. The second-order valence-electron chi connectivity index (χ2n) is 5.08. The van der Waals surface area contributed by atoms with E-state index < -0.39 is 0 Å². The van der Waals surface area contributed by atoms with Gasteiger partial charge in [0, 0.05) is 24.7 Å². The number of nitrogens with two attached hydrogens (primary N) is 1. The van der Waals surface area contributed by atoms with Gasteiger partial charge in [0.05, 0.1) is 18.8 Å². The van der Waals surface area contributed by atoms with E-state index in [-0.39, 0.29) is 18.0 Å². The topological polar surface area (TPSA) is 38.5 Å². The highest BCUT2D eigenvalue weighted by Crippen LogP contribution is 2.39. The van der Waals surface area contributed by atoms with Gasteiger partial charge in [-0.2, -0.15) is 0 Å². The summed E-state index contributed by atoms with van der Waals surface area (Å²) in [6.07, 6.45) is 2.32. The normalized spacial score (nSPS) is 29.4. The molecule has 3 rings (SSSR count). The van der Waals surface area contributed by atoms with E-state index in [2.05, 4.69) is 4.90 Å². The summed E-state index contributed by atoms with van der Waals surface area (Å²) in [5.41, 5.74) is 6.51. The molecule has 0 radical (unpaired) electrons. The number of morpholine rings is 1.